The molecule has 1 unspecified atom stereocenters. The van der Waals surface area contributed by atoms with Gasteiger partial charge in [-0.25, -0.2) is 18.2 Å². The molecular weight excluding hydrogens is 365 g/mol. The summed E-state index contributed by atoms with van der Waals surface area (Å²) in [6.45, 7) is -0.198. The summed E-state index contributed by atoms with van der Waals surface area (Å²) in [6, 6.07) is 9.09. The molecule has 0 aliphatic carbocycles. The molecule has 0 fully saturated rings. The van der Waals surface area contributed by atoms with Crippen LogP contribution in [-0.2, 0) is 0 Å². The Bertz CT molecular complexity index is 946. The Hall–Kier alpha value is -2.71. The summed E-state index contributed by atoms with van der Waals surface area (Å²) >= 11 is 1.01. The maximum atomic E-state index is 13.8. The number of nitrogens with one attached hydrogen (secondary N) is 1. The normalized spacial score (nSPS) is 12.0. The van der Waals surface area contributed by atoms with Crippen LogP contribution in [0.2, 0.25) is 0 Å². The minimum Gasteiger partial charge on any atom is -0.387 e. The van der Waals surface area contributed by atoms with Gasteiger partial charge in [-0.05, 0) is 29.8 Å². The Morgan fingerprint density at radius 1 is 1.12 bits per heavy atom. The fourth-order valence-corrected chi connectivity index (χ4v) is 3.11. The first kappa shape index (κ1) is 18.1. The van der Waals surface area contributed by atoms with Crippen LogP contribution in [0.3, 0.4) is 0 Å². The van der Waals surface area contributed by atoms with Gasteiger partial charge in [0, 0.05) is 12.1 Å². The number of aliphatic hydroxyl groups is 1. The zero-order valence-corrected chi connectivity index (χ0v) is 14.1. The van der Waals surface area contributed by atoms with Gasteiger partial charge < -0.3 is 10.4 Å². The van der Waals surface area contributed by atoms with Crippen LogP contribution in [0.1, 0.15) is 21.3 Å². The molecule has 0 radical (unpaired) electrons. The zero-order valence-electron chi connectivity index (χ0n) is 13.2. The predicted octanol–water partition coefficient (Wildman–Crippen LogP) is 3.69. The number of hydrogen-bond acceptors (Lipinski definition) is 4. The van der Waals surface area contributed by atoms with E-state index in [4.69, 9.17) is 0 Å². The smallest absolute Gasteiger partial charge is 0.263 e. The summed E-state index contributed by atoms with van der Waals surface area (Å²) < 4.78 is 39.9. The molecule has 0 aliphatic heterocycles. The van der Waals surface area contributed by atoms with Crippen molar-refractivity contribution >= 4 is 17.2 Å². The van der Waals surface area contributed by atoms with Gasteiger partial charge >= 0.3 is 0 Å². The second-order valence-corrected chi connectivity index (χ2v) is 6.44. The number of rotatable bonds is 5. The quantitative estimate of drug-likeness (QED) is 0.712. The Kier molecular flexibility index (Phi) is 5.34. The topological polar surface area (TPSA) is 62.2 Å². The molecule has 1 heterocycles. The lowest BCUT2D eigenvalue weighted by Gasteiger charge is -2.12. The summed E-state index contributed by atoms with van der Waals surface area (Å²) in [6.07, 6.45) is 0.110. The van der Waals surface area contributed by atoms with Gasteiger partial charge in [-0.15, -0.1) is 11.3 Å². The summed E-state index contributed by atoms with van der Waals surface area (Å²) in [7, 11) is 0. The van der Waals surface area contributed by atoms with E-state index in [0.29, 0.717) is 10.6 Å². The van der Waals surface area contributed by atoms with Crippen LogP contribution >= 0.6 is 11.3 Å². The SMILES string of the molecule is O=C(NCC(O)c1ccc(F)c(F)c1)c1cnc(-c2ccccc2F)s1. The van der Waals surface area contributed by atoms with Gasteiger partial charge in [0.1, 0.15) is 15.7 Å². The molecule has 0 bridgehead atoms. The van der Waals surface area contributed by atoms with Crippen molar-refractivity contribution in [2.24, 2.45) is 0 Å². The highest BCUT2D eigenvalue weighted by Gasteiger charge is 2.16. The molecule has 2 N–H and O–H groups in total. The monoisotopic (exact) mass is 378 g/mol. The van der Waals surface area contributed by atoms with Crippen LogP contribution in [0.4, 0.5) is 13.2 Å². The minimum absolute atomic E-state index is 0.139. The molecule has 3 rings (SSSR count). The average Bonchev–Trinajstić information content (AvgIpc) is 3.12. The van der Waals surface area contributed by atoms with Crippen molar-refractivity contribution < 1.29 is 23.1 Å². The Morgan fingerprint density at radius 3 is 2.62 bits per heavy atom. The standard InChI is InChI=1S/C18H13F3N2O2S/c19-12-4-2-1-3-11(12)18-23-9-16(26-18)17(25)22-8-15(24)10-5-6-13(20)14(21)7-10/h1-7,9,15,24H,8H2,(H,22,25). The highest BCUT2D eigenvalue weighted by Crippen LogP contribution is 2.27. The number of hydrogen-bond donors (Lipinski definition) is 2. The van der Waals surface area contributed by atoms with Gasteiger partial charge in [-0.2, -0.15) is 0 Å². The molecular formula is C18H13F3N2O2S. The maximum absolute atomic E-state index is 13.8. The van der Waals surface area contributed by atoms with E-state index in [1.54, 1.807) is 18.2 Å². The van der Waals surface area contributed by atoms with Crippen molar-refractivity contribution in [3.63, 3.8) is 0 Å². The molecule has 0 spiro atoms. The fourth-order valence-electron chi connectivity index (χ4n) is 2.25. The van der Waals surface area contributed by atoms with E-state index < -0.39 is 29.5 Å². The third-order valence-corrected chi connectivity index (χ3v) is 4.65. The van der Waals surface area contributed by atoms with Crippen LogP contribution in [-0.4, -0.2) is 22.5 Å². The van der Waals surface area contributed by atoms with Gasteiger partial charge in [0.2, 0.25) is 0 Å². The number of aliphatic hydroxyl groups excluding tert-OH is 1. The van der Waals surface area contributed by atoms with Crippen LogP contribution < -0.4 is 5.32 Å². The minimum atomic E-state index is -1.20. The van der Waals surface area contributed by atoms with E-state index >= 15 is 0 Å². The van der Waals surface area contributed by atoms with Crippen molar-refractivity contribution in [1.82, 2.24) is 10.3 Å². The maximum Gasteiger partial charge on any atom is 0.263 e. The molecule has 26 heavy (non-hydrogen) atoms. The number of halogens is 3. The van der Waals surface area contributed by atoms with Gasteiger partial charge in [0.15, 0.2) is 11.6 Å². The first-order chi connectivity index (χ1) is 12.5. The average molecular weight is 378 g/mol. The molecule has 0 aliphatic rings. The van der Waals surface area contributed by atoms with Gasteiger partial charge in [0.05, 0.1) is 12.3 Å². The van der Waals surface area contributed by atoms with Gasteiger partial charge in [-0.3, -0.25) is 4.79 Å². The van der Waals surface area contributed by atoms with Gasteiger partial charge in [0.25, 0.3) is 5.91 Å². The number of thiazole rings is 1. The molecule has 134 valence electrons. The summed E-state index contributed by atoms with van der Waals surface area (Å²) in [5.41, 5.74) is 0.430. The number of aromatic nitrogens is 1. The van der Waals surface area contributed by atoms with E-state index in [1.165, 1.54) is 18.3 Å². The predicted molar refractivity (Wildman–Crippen MR) is 91.2 cm³/mol. The van der Waals surface area contributed by atoms with Crippen LogP contribution in [0.15, 0.2) is 48.7 Å². The first-order valence-corrected chi connectivity index (χ1v) is 8.39. The van der Waals surface area contributed by atoms with E-state index in [0.717, 1.165) is 23.5 Å². The zero-order chi connectivity index (χ0) is 18.7. The lowest BCUT2D eigenvalue weighted by atomic mass is 10.1. The lowest BCUT2D eigenvalue weighted by molar-refractivity contribution is 0.0920. The molecule has 0 saturated heterocycles. The van der Waals surface area contributed by atoms with Crippen molar-refractivity contribution in [1.29, 1.82) is 0 Å². The molecule has 8 heteroatoms. The van der Waals surface area contributed by atoms with Crippen molar-refractivity contribution in [3.05, 3.63) is 76.6 Å². The Labute approximate surface area is 151 Å². The van der Waals surface area contributed by atoms with Crippen LogP contribution in [0.5, 0.6) is 0 Å². The fraction of sp³-hybridized carbons (Fsp3) is 0.111. The molecule has 1 aromatic heterocycles. The largest absolute Gasteiger partial charge is 0.387 e. The first-order valence-electron chi connectivity index (χ1n) is 7.57. The highest BCUT2D eigenvalue weighted by molar-refractivity contribution is 7.16. The van der Waals surface area contributed by atoms with E-state index in [9.17, 15) is 23.1 Å². The Balaban J connectivity index is 1.65. The second-order valence-electron chi connectivity index (χ2n) is 5.41. The van der Waals surface area contributed by atoms with E-state index in [-0.39, 0.29) is 17.0 Å². The molecule has 2 aromatic carbocycles. The molecule has 3 aromatic rings. The van der Waals surface area contributed by atoms with Crippen molar-refractivity contribution in [2.75, 3.05) is 6.54 Å². The van der Waals surface area contributed by atoms with Crippen molar-refractivity contribution in [3.8, 4) is 10.6 Å². The molecule has 1 amide bonds. The third-order valence-electron chi connectivity index (χ3n) is 3.62. The number of carbonyl (C=O) groups is 1. The lowest BCUT2D eigenvalue weighted by Crippen LogP contribution is -2.27. The number of nitrogens with zero attached hydrogens (tertiary/aromatic N) is 1. The second kappa shape index (κ2) is 7.67. The number of benzene rings is 2. The van der Waals surface area contributed by atoms with E-state index in [1.807, 2.05) is 0 Å². The van der Waals surface area contributed by atoms with Crippen LogP contribution in [0, 0.1) is 17.5 Å². The van der Waals surface area contributed by atoms with Gasteiger partial charge in [-0.1, -0.05) is 18.2 Å². The summed E-state index contributed by atoms with van der Waals surface area (Å²) in [5, 5.41) is 12.8. The molecule has 1 atom stereocenters. The molecule has 4 nitrogen and oxygen atoms in total. The summed E-state index contributed by atoms with van der Waals surface area (Å²) in [4.78, 5) is 16.4. The summed E-state index contributed by atoms with van der Waals surface area (Å²) in [5.74, 6) is -3.05. The van der Waals surface area contributed by atoms with Crippen LogP contribution in [0.25, 0.3) is 10.6 Å². The highest BCUT2D eigenvalue weighted by atomic mass is 32.1. The molecule has 0 saturated carbocycles. The third kappa shape index (κ3) is 3.92. The Morgan fingerprint density at radius 2 is 1.88 bits per heavy atom. The van der Waals surface area contributed by atoms with E-state index in [2.05, 4.69) is 10.3 Å². The van der Waals surface area contributed by atoms with Crippen molar-refractivity contribution in [2.45, 2.75) is 6.10 Å². The number of amides is 1. The number of carbonyl (C=O) groups excluding carboxylic acids is 1.